The van der Waals surface area contributed by atoms with Crippen molar-refractivity contribution in [1.82, 2.24) is 5.32 Å². The lowest BCUT2D eigenvalue weighted by molar-refractivity contribution is 0.192. The fourth-order valence-corrected chi connectivity index (χ4v) is 3.22. The van der Waals surface area contributed by atoms with E-state index in [1.54, 1.807) is 7.11 Å². The molecule has 0 saturated carbocycles. The molecule has 1 aliphatic heterocycles. The van der Waals surface area contributed by atoms with Crippen molar-refractivity contribution in [3.05, 3.63) is 0 Å². The van der Waals surface area contributed by atoms with Crippen molar-refractivity contribution in [2.24, 2.45) is 5.41 Å². The molecule has 1 fully saturated rings. The highest BCUT2D eigenvalue weighted by atomic mass is 32.2. The smallest absolute Gasteiger partial charge is 0.0474 e. The Morgan fingerprint density at radius 1 is 1.50 bits per heavy atom. The summed E-state index contributed by atoms with van der Waals surface area (Å²) in [4.78, 5) is 0. The predicted molar refractivity (Wildman–Crippen MR) is 64.0 cm³/mol. The predicted octanol–water partition coefficient (Wildman–Crippen LogP) is 2.14. The number of ether oxygens (including phenoxy) is 1. The maximum Gasteiger partial charge on any atom is 0.0474 e. The third-order valence-corrected chi connectivity index (χ3v) is 4.19. The lowest BCUT2D eigenvalue weighted by Crippen LogP contribution is -2.40. The molecule has 0 aromatic rings. The first-order valence-electron chi connectivity index (χ1n) is 5.44. The molecule has 1 atom stereocenters. The molecule has 84 valence electrons. The summed E-state index contributed by atoms with van der Waals surface area (Å²) < 4.78 is 5.03. The van der Waals surface area contributed by atoms with Crippen molar-refractivity contribution in [2.75, 3.05) is 31.8 Å². The van der Waals surface area contributed by atoms with Crippen LogP contribution in [0.4, 0.5) is 0 Å². The van der Waals surface area contributed by atoms with Gasteiger partial charge in [-0.3, -0.25) is 0 Å². The average molecular weight is 217 g/mol. The number of thioether (sulfide) groups is 1. The number of rotatable bonds is 5. The third-order valence-electron chi connectivity index (χ3n) is 2.57. The van der Waals surface area contributed by atoms with Crippen LogP contribution in [0.15, 0.2) is 0 Å². The number of nitrogens with one attached hydrogen (secondary N) is 1. The van der Waals surface area contributed by atoms with E-state index in [0.29, 0.717) is 11.5 Å². The summed E-state index contributed by atoms with van der Waals surface area (Å²) in [6.45, 7) is 6.69. The zero-order valence-electron chi connectivity index (χ0n) is 9.64. The Morgan fingerprint density at radius 3 is 2.93 bits per heavy atom. The van der Waals surface area contributed by atoms with Crippen molar-refractivity contribution in [2.45, 2.75) is 32.7 Å². The van der Waals surface area contributed by atoms with Gasteiger partial charge in [-0.1, -0.05) is 13.8 Å². The molecule has 0 aromatic carbocycles. The molecule has 1 saturated heterocycles. The Balaban J connectivity index is 2.12. The lowest BCUT2D eigenvalue weighted by Gasteiger charge is -2.35. The molecule has 1 rings (SSSR count). The van der Waals surface area contributed by atoms with Crippen molar-refractivity contribution in [3.8, 4) is 0 Å². The van der Waals surface area contributed by atoms with Crippen LogP contribution in [0, 0.1) is 5.41 Å². The van der Waals surface area contributed by atoms with Crippen molar-refractivity contribution in [3.63, 3.8) is 0 Å². The van der Waals surface area contributed by atoms with Gasteiger partial charge in [-0.25, -0.2) is 0 Å². The highest BCUT2D eigenvalue weighted by Crippen LogP contribution is 2.33. The van der Waals surface area contributed by atoms with E-state index in [4.69, 9.17) is 4.74 Å². The summed E-state index contributed by atoms with van der Waals surface area (Å²) in [6, 6.07) is 0.709. The molecule has 3 heteroatoms. The van der Waals surface area contributed by atoms with E-state index in [1.165, 1.54) is 17.9 Å². The van der Waals surface area contributed by atoms with Crippen LogP contribution in [0.2, 0.25) is 0 Å². The molecule has 1 N–H and O–H groups in total. The molecule has 1 unspecified atom stereocenters. The van der Waals surface area contributed by atoms with Crippen LogP contribution < -0.4 is 5.32 Å². The number of hydrogen-bond donors (Lipinski definition) is 1. The molecule has 0 radical (unpaired) electrons. The van der Waals surface area contributed by atoms with E-state index in [0.717, 1.165) is 19.6 Å². The first-order valence-corrected chi connectivity index (χ1v) is 6.59. The fraction of sp³-hybridized carbons (Fsp3) is 1.00. The van der Waals surface area contributed by atoms with Crippen LogP contribution >= 0.6 is 11.8 Å². The van der Waals surface area contributed by atoms with Gasteiger partial charge in [-0.2, -0.15) is 11.8 Å². The van der Waals surface area contributed by atoms with Crippen LogP contribution in [0.25, 0.3) is 0 Å². The molecule has 0 aromatic heterocycles. The summed E-state index contributed by atoms with van der Waals surface area (Å²) >= 11 is 2.08. The summed E-state index contributed by atoms with van der Waals surface area (Å²) in [5.74, 6) is 2.58. The molecule has 1 heterocycles. The molecule has 0 spiro atoms. The van der Waals surface area contributed by atoms with Crippen molar-refractivity contribution < 1.29 is 4.74 Å². The summed E-state index contributed by atoms with van der Waals surface area (Å²) in [5, 5.41) is 3.61. The van der Waals surface area contributed by atoms with E-state index < -0.39 is 0 Å². The minimum Gasteiger partial charge on any atom is -0.385 e. The van der Waals surface area contributed by atoms with Gasteiger partial charge in [0.2, 0.25) is 0 Å². The number of hydrogen-bond acceptors (Lipinski definition) is 3. The molecule has 14 heavy (non-hydrogen) atoms. The lowest BCUT2D eigenvalue weighted by atomic mass is 9.88. The Morgan fingerprint density at radius 2 is 2.29 bits per heavy atom. The topological polar surface area (TPSA) is 21.3 Å². The second-order valence-electron chi connectivity index (χ2n) is 4.88. The first-order chi connectivity index (χ1) is 6.64. The maximum atomic E-state index is 5.03. The average Bonchev–Trinajstić information content (AvgIpc) is 2.11. The first kappa shape index (κ1) is 12.3. The van der Waals surface area contributed by atoms with Crippen LogP contribution in [0.5, 0.6) is 0 Å². The van der Waals surface area contributed by atoms with E-state index in [2.05, 4.69) is 30.9 Å². The van der Waals surface area contributed by atoms with E-state index >= 15 is 0 Å². The van der Waals surface area contributed by atoms with Gasteiger partial charge < -0.3 is 10.1 Å². The van der Waals surface area contributed by atoms with Gasteiger partial charge in [0.15, 0.2) is 0 Å². The SMILES string of the molecule is COCCCNC1CSCC(C)(C)C1. The van der Waals surface area contributed by atoms with Gasteiger partial charge in [0.25, 0.3) is 0 Å². The largest absolute Gasteiger partial charge is 0.385 e. The third kappa shape index (κ3) is 4.67. The van der Waals surface area contributed by atoms with E-state index in [1.807, 2.05) is 0 Å². The minimum atomic E-state index is 0.516. The van der Waals surface area contributed by atoms with E-state index in [-0.39, 0.29) is 0 Å². The molecule has 1 aliphatic rings. The van der Waals surface area contributed by atoms with Gasteiger partial charge in [-0.05, 0) is 30.6 Å². The molecule has 0 aliphatic carbocycles. The zero-order chi connectivity index (χ0) is 10.4. The molecular weight excluding hydrogens is 194 g/mol. The van der Waals surface area contributed by atoms with Crippen LogP contribution in [-0.2, 0) is 4.74 Å². The normalized spacial score (nSPS) is 26.4. The van der Waals surface area contributed by atoms with Crippen molar-refractivity contribution >= 4 is 11.8 Å². The zero-order valence-corrected chi connectivity index (χ0v) is 10.5. The quantitative estimate of drug-likeness (QED) is 0.713. The fourth-order valence-electron chi connectivity index (χ4n) is 1.92. The maximum absolute atomic E-state index is 5.03. The summed E-state index contributed by atoms with van der Waals surface area (Å²) in [7, 11) is 1.76. The molecule has 2 nitrogen and oxygen atoms in total. The van der Waals surface area contributed by atoms with Gasteiger partial charge >= 0.3 is 0 Å². The van der Waals surface area contributed by atoms with Gasteiger partial charge in [0.1, 0.15) is 0 Å². The minimum absolute atomic E-state index is 0.516. The Bertz CT molecular complexity index is 161. The van der Waals surface area contributed by atoms with Crippen LogP contribution in [-0.4, -0.2) is 37.8 Å². The molecular formula is C11H23NOS. The van der Waals surface area contributed by atoms with Gasteiger partial charge in [0, 0.05) is 25.5 Å². The van der Waals surface area contributed by atoms with Crippen molar-refractivity contribution in [1.29, 1.82) is 0 Å². The highest BCUT2D eigenvalue weighted by Gasteiger charge is 2.27. The van der Waals surface area contributed by atoms with Crippen LogP contribution in [0.1, 0.15) is 26.7 Å². The second-order valence-corrected chi connectivity index (χ2v) is 5.91. The van der Waals surface area contributed by atoms with Gasteiger partial charge in [0.05, 0.1) is 0 Å². The van der Waals surface area contributed by atoms with E-state index in [9.17, 15) is 0 Å². The summed E-state index contributed by atoms with van der Waals surface area (Å²) in [5.41, 5.74) is 0.516. The highest BCUT2D eigenvalue weighted by molar-refractivity contribution is 7.99. The monoisotopic (exact) mass is 217 g/mol. The standard InChI is InChI=1S/C11H23NOS/c1-11(2)7-10(8-14-9-11)12-5-4-6-13-3/h10,12H,4-9H2,1-3H3. The number of methoxy groups -OCH3 is 1. The molecule has 0 amide bonds. The van der Waals surface area contributed by atoms with Crippen LogP contribution in [0.3, 0.4) is 0 Å². The Labute approximate surface area is 92.2 Å². The molecule has 0 bridgehead atoms. The van der Waals surface area contributed by atoms with Gasteiger partial charge in [-0.15, -0.1) is 0 Å². The Hall–Kier alpha value is 0.270. The second kappa shape index (κ2) is 5.99. The Kier molecular flexibility index (Phi) is 5.28. The summed E-state index contributed by atoms with van der Waals surface area (Å²) in [6.07, 6.45) is 2.44.